The lowest BCUT2D eigenvalue weighted by molar-refractivity contribution is -0.144. The van der Waals surface area contributed by atoms with Crippen molar-refractivity contribution in [2.45, 2.75) is 62.7 Å². The van der Waals surface area contributed by atoms with Gasteiger partial charge in [-0.25, -0.2) is 13.4 Å². The molecule has 20 heteroatoms. The number of carbonyl (C=O) groups is 1. The van der Waals surface area contributed by atoms with E-state index in [-0.39, 0.29) is 30.0 Å². The molecule has 0 radical (unpaired) electrons. The maximum atomic E-state index is 14.3. The second-order valence-electron chi connectivity index (χ2n) is 11.8. The summed E-state index contributed by atoms with van der Waals surface area (Å²) in [6.07, 6.45) is -20.7. The Morgan fingerprint density at radius 2 is 1.21 bits per heavy atom. The van der Waals surface area contributed by atoms with Gasteiger partial charge >= 0.3 is 24.7 Å². The summed E-state index contributed by atoms with van der Waals surface area (Å²) in [5.41, 5.74) is -8.74. The van der Waals surface area contributed by atoms with Crippen LogP contribution in [0.1, 0.15) is 56.2 Å². The molecule has 0 saturated heterocycles. The van der Waals surface area contributed by atoms with Crippen LogP contribution in [-0.4, -0.2) is 41.5 Å². The second-order valence-corrected chi connectivity index (χ2v) is 13.7. The summed E-state index contributed by atoms with van der Waals surface area (Å²) in [6, 6.07) is 5.31. The highest BCUT2D eigenvalue weighted by molar-refractivity contribution is 7.90. The molecule has 0 bridgehead atoms. The van der Waals surface area contributed by atoms with Crippen molar-refractivity contribution in [2.75, 3.05) is 6.26 Å². The van der Waals surface area contributed by atoms with E-state index in [0.717, 1.165) is 6.92 Å². The van der Waals surface area contributed by atoms with Gasteiger partial charge in [-0.1, -0.05) is 18.2 Å². The van der Waals surface area contributed by atoms with E-state index in [0.29, 0.717) is 35.0 Å². The van der Waals surface area contributed by atoms with Crippen molar-refractivity contribution < 1.29 is 70.6 Å². The van der Waals surface area contributed by atoms with E-state index >= 15 is 0 Å². The maximum Gasteiger partial charge on any atom is 0.416 e. The normalized spacial score (nSPS) is 13.5. The predicted molar refractivity (Wildman–Crippen MR) is 162 cm³/mol. The molecule has 0 aliphatic rings. The molecule has 53 heavy (non-hydrogen) atoms. The lowest BCUT2D eigenvalue weighted by Crippen LogP contribution is -2.40. The van der Waals surface area contributed by atoms with Crippen molar-refractivity contribution in [1.82, 2.24) is 14.9 Å². The number of aryl methyl sites for hydroxylation is 1. The molecule has 1 aromatic heterocycles. The first-order valence-corrected chi connectivity index (χ1v) is 16.7. The number of ether oxygens (including phenoxy) is 1. The molecule has 7 nitrogen and oxygen atoms in total. The fourth-order valence-electron chi connectivity index (χ4n) is 5.01. The summed E-state index contributed by atoms with van der Waals surface area (Å²) >= 11 is 0. The van der Waals surface area contributed by atoms with Gasteiger partial charge in [-0.3, -0.25) is 4.79 Å². The first-order chi connectivity index (χ1) is 24.1. The van der Waals surface area contributed by atoms with Gasteiger partial charge < -0.3 is 9.64 Å². The number of halogens is 12. The van der Waals surface area contributed by atoms with E-state index in [1.807, 2.05) is 0 Å². The van der Waals surface area contributed by atoms with Gasteiger partial charge in [-0.05, 0) is 79.4 Å². The zero-order chi connectivity index (χ0) is 39.9. The molecule has 1 atom stereocenters. The second kappa shape index (κ2) is 14.5. The number of aromatic nitrogens is 2. The number of benzene rings is 3. The van der Waals surface area contributed by atoms with Gasteiger partial charge in [0.05, 0.1) is 22.3 Å². The zero-order valence-corrected chi connectivity index (χ0v) is 28.1. The van der Waals surface area contributed by atoms with Crippen LogP contribution in [0.5, 0.6) is 11.6 Å². The number of sulfone groups is 1. The van der Waals surface area contributed by atoms with E-state index in [1.54, 1.807) is 19.1 Å². The van der Waals surface area contributed by atoms with Crippen molar-refractivity contribution in [2.24, 2.45) is 0 Å². The number of rotatable bonds is 9. The lowest BCUT2D eigenvalue weighted by atomic mass is 9.98. The van der Waals surface area contributed by atoms with Crippen LogP contribution in [0.3, 0.4) is 0 Å². The van der Waals surface area contributed by atoms with Crippen LogP contribution in [0.2, 0.25) is 0 Å². The number of alkyl halides is 12. The highest BCUT2D eigenvalue weighted by Crippen LogP contribution is 2.39. The van der Waals surface area contributed by atoms with E-state index < -0.39 is 109 Å². The third-order valence-corrected chi connectivity index (χ3v) is 8.43. The van der Waals surface area contributed by atoms with Crippen molar-refractivity contribution >= 4 is 15.7 Å². The van der Waals surface area contributed by atoms with E-state index in [9.17, 15) is 65.9 Å². The van der Waals surface area contributed by atoms with Crippen molar-refractivity contribution in [3.05, 3.63) is 111 Å². The third-order valence-electron chi connectivity index (χ3n) is 7.57. The van der Waals surface area contributed by atoms with Crippen LogP contribution in [0.25, 0.3) is 0 Å². The monoisotopic (exact) mass is 787 g/mol. The standard InChI is InChI=1S/C33H25F12N3O4S/c1-17-6-4-5-7-26(17)52-27-25(15-46-29(47-27)53(3,50)51)28(49)48(16-20-11-23(32(40,41)42)14-24(12-20)33(43,44)45)18(2)8-19-9-21(30(34,35)36)13-22(10-19)31(37,38)39/h4-7,9-15,18H,8,16H2,1-3H3. The van der Waals surface area contributed by atoms with Gasteiger partial charge in [-0.15, -0.1) is 0 Å². The molecule has 4 aromatic rings. The molecule has 0 spiro atoms. The Bertz CT molecular complexity index is 2050. The van der Waals surface area contributed by atoms with Gasteiger partial charge in [0.2, 0.25) is 20.9 Å². The lowest BCUT2D eigenvalue weighted by Gasteiger charge is -2.31. The van der Waals surface area contributed by atoms with Gasteiger partial charge in [0.15, 0.2) is 0 Å². The average Bonchev–Trinajstić information content (AvgIpc) is 3.02. The van der Waals surface area contributed by atoms with Crippen LogP contribution < -0.4 is 4.74 Å². The molecule has 1 heterocycles. The van der Waals surface area contributed by atoms with E-state index in [4.69, 9.17) is 4.74 Å². The largest absolute Gasteiger partial charge is 0.438 e. The number of hydrogen-bond acceptors (Lipinski definition) is 6. The first-order valence-electron chi connectivity index (χ1n) is 14.8. The number of para-hydroxylation sites is 1. The minimum Gasteiger partial charge on any atom is -0.438 e. The summed E-state index contributed by atoms with van der Waals surface area (Å²) in [5.74, 6) is -2.10. The van der Waals surface area contributed by atoms with Crippen LogP contribution in [-0.2, 0) is 47.5 Å². The minimum absolute atomic E-state index is 0.00985. The number of hydrogen-bond donors (Lipinski definition) is 0. The zero-order valence-electron chi connectivity index (χ0n) is 27.3. The molecule has 4 rings (SSSR count). The summed E-state index contributed by atoms with van der Waals surface area (Å²) in [5, 5.41) is -0.867. The number of amides is 1. The van der Waals surface area contributed by atoms with Crippen LogP contribution in [0.15, 0.2) is 72.0 Å². The Labute approximate surface area is 293 Å². The van der Waals surface area contributed by atoms with E-state index in [2.05, 4.69) is 9.97 Å². The topological polar surface area (TPSA) is 89.5 Å². The minimum atomic E-state index is -5.33. The summed E-state index contributed by atoms with van der Waals surface area (Å²) in [7, 11) is -4.19. The quantitative estimate of drug-likeness (QED) is 0.124. The van der Waals surface area contributed by atoms with Crippen molar-refractivity contribution in [3.63, 3.8) is 0 Å². The van der Waals surface area contributed by atoms with Gasteiger partial charge in [0.1, 0.15) is 11.3 Å². The fourth-order valence-corrected chi connectivity index (χ4v) is 5.50. The van der Waals surface area contributed by atoms with E-state index in [1.165, 1.54) is 12.1 Å². The SMILES string of the molecule is Cc1ccccc1Oc1nc(S(C)(=O)=O)ncc1C(=O)N(Cc1cc(C(F)(F)F)cc(C(F)(F)F)c1)C(C)Cc1cc(C(F)(F)F)cc(C(F)(F)F)c1. The Morgan fingerprint density at radius 1 is 0.755 bits per heavy atom. The Kier molecular flexibility index (Phi) is 11.2. The summed E-state index contributed by atoms with van der Waals surface area (Å²) in [6.45, 7) is 1.48. The molecule has 286 valence electrons. The highest BCUT2D eigenvalue weighted by Gasteiger charge is 2.39. The summed E-state index contributed by atoms with van der Waals surface area (Å²) in [4.78, 5) is 22.2. The van der Waals surface area contributed by atoms with Crippen molar-refractivity contribution in [1.29, 1.82) is 0 Å². The van der Waals surface area contributed by atoms with Crippen LogP contribution in [0.4, 0.5) is 52.7 Å². The average molecular weight is 788 g/mol. The Hall–Kier alpha value is -4.88. The fraction of sp³-hybridized carbons (Fsp3) is 0.303. The molecule has 3 aromatic carbocycles. The number of carbonyl (C=O) groups excluding carboxylic acids is 1. The Balaban J connectivity index is 1.93. The molecule has 0 aliphatic carbocycles. The molecule has 1 amide bonds. The van der Waals surface area contributed by atoms with Crippen LogP contribution >= 0.6 is 0 Å². The Morgan fingerprint density at radius 3 is 1.64 bits per heavy atom. The smallest absolute Gasteiger partial charge is 0.416 e. The van der Waals surface area contributed by atoms with Gasteiger partial charge in [0, 0.05) is 25.0 Å². The number of nitrogens with zero attached hydrogens (tertiary/aromatic N) is 3. The van der Waals surface area contributed by atoms with Crippen LogP contribution in [0, 0.1) is 6.92 Å². The first kappa shape index (κ1) is 40.9. The molecular weight excluding hydrogens is 762 g/mol. The maximum absolute atomic E-state index is 14.3. The third kappa shape index (κ3) is 10.2. The van der Waals surface area contributed by atoms with Gasteiger partial charge in [-0.2, -0.15) is 57.7 Å². The molecule has 1 unspecified atom stereocenters. The summed E-state index contributed by atoms with van der Waals surface area (Å²) < 4.78 is 194. The predicted octanol–water partition coefficient (Wildman–Crippen LogP) is 9.33. The molecular formula is C33H25F12N3O4S. The van der Waals surface area contributed by atoms with Gasteiger partial charge in [0.25, 0.3) is 5.91 Å². The molecule has 0 N–H and O–H groups in total. The van der Waals surface area contributed by atoms with Crippen molar-refractivity contribution in [3.8, 4) is 11.6 Å². The molecule has 0 fully saturated rings. The highest BCUT2D eigenvalue weighted by atomic mass is 32.2. The molecule has 0 aliphatic heterocycles. The molecule has 0 saturated carbocycles.